The summed E-state index contributed by atoms with van der Waals surface area (Å²) in [6.45, 7) is 0. The summed E-state index contributed by atoms with van der Waals surface area (Å²) in [4.78, 5) is 5.53. The molecule has 0 radical (unpaired) electrons. The third-order valence-corrected chi connectivity index (χ3v) is 4.47. The minimum Gasteiger partial charge on any atom is -0.384 e. The molecule has 3 nitrogen and oxygen atoms in total. The van der Waals surface area contributed by atoms with E-state index in [1.54, 1.807) is 0 Å². The smallest absolute Gasteiger partial charge is 0.123 e. The molecule has 1 aromatic heterocycles. The summed E-state index contributed by atoms with van der Waals surface area (Å²) < 4.78 is 0. The molecule has 21 heavy (non-hydrogen) atoms. The predicted molar refractivity (Wildman–Crippen MR) is 88.3 cm³/mol. The van der Waals surface area contributed by atoms with Gasteiger partial charge in [-0.15, -0.1) is 0 Å². The molecule has 0 bridgehead atoms. The van der Waals surface area contributed by atoms with Gasteiger partial charge in [-0.2, -0.15) is 0 Å². The van der Waals surface area contributed by atoms with Crippen LogP contribution in [0.3, 0.4) is 0 Å². The molecule has 3 rings (SSSR count). The van der Waals surface area contributed by atoms with E-state index in [1.165, 1.54) is 11.8 Å². The molecular formula is C16H12ClN3S. The van der Waals surface area contributed by atoms with E-state index in [4.69, 9.17) is 22.7 Å². The summed E-state index contributed by atoms with van der Waals surface area (Å²) in [5.41, 5.74) is 7.20. The monoisotopic (exact) mass is 313 g/mol. The summed E-state index contributed by atoms with van der Waals surface area (Å²) in [6.07, 6.45) is 0. The van der Waals surface area contributed by atoms with Crippen molar-refractivity contribution in [2.45, 2.75) is 9.92 Å². The molecule has 0 spiro atoms. The van der Waals surface area contributed by atoms with E-state index in [-0.39, 0.29) is 5.84 Å². The highest BCUT2D eigenvalue weighted by atomic mass is 35.5. The van der Waals surface area contributed by atoms with Gasteiger partial charge in [0.05, 0.1) is 10.5 Å². The second-order valence-electron chi connectivity index (χ2n) is 4.47. The number of nitrogen functional groups attached to an aromatic ring is 1. The van der Waals surface area contributed by atoms with E-state index < -0.39 is 0 Å². The van der Waals surface area contributed by atoms with Crippen LogP contribution < -0.4 is 5.73 Å². The largest absolute Gasteiger partial charge is 0.384 e. The van der Waals surface area contributed by atoms with Crippen LogP contribution in [0.5, 0.6) is 0 Å². The zero-order chi connectivity index (χ0) is 14.8. The minimum atomic E-state index is 0.0367. The molecule has 3 aromatic rings. The van der Waals surface area contributed by atoms with Crippen LogP contribution in [0.2, 0.25) is 5.02 Å². The van der Waals surface area contributed by atoms with Gasteiger partial charge < -0.3 is 5.73 Å². The third-order valence-electron chi connectivity index (χ3n) is 3.03. The lowest BCUT2D eigenvalue weighted by Crippen LogP contribution is -2.12. The Morgan fingerprint density at radius 3 is 2.57 bits per heavy atom. The fraction of sp³-hybridized carbons (Fsp3) is 0. The van der Waals surface area contributed by atoms with Crippen molar-refractivity contribution >= 4 is 40.1 Å². The molecule has 0 amide bonds. The maximum absolute atomic E-state index is 7.75. The Morgan fingerprint density at radius 2 is 1.81 bits per heavy atom. The van der Waals surface area contributed by atoms with E-state index in [0.717, 1.165) is 20.8 Å². The lowest BCUT2D eigenvalue weighted by atomic mass is 10.1. The number of aromatic nitrogens is 1. The SMILES string of the molecule is N=C(N)c1cc(Sc2ccccc2Cl)nc2ccccc12. The van der Waals surface area contributed by atoms with Gasteiger partial charge in [-0.3, -0.25) is 5.41 Å². The number of pyridine rings is 1. The fourth-order valence-electron chi connectivity index (χ4n) is 2.07. The number of nitrogens with zero attached hydrogens (tertiary/aromatic N) is 1. The van der Waals surface area contributed by atoms with E-state index in [1.807, 2.05) is 54.6 Å². The van der Waals surface area contributed by atoms with Gasteiger partial charge in [-0.25, -0.2) is 4.98 Å². The predicted octanol–water partition coefficient (Wildman–Crippen LogP) is 4.32. The fourth-order valence-corrected chi connectivity index (χ4v) is 3.18. The van der Waals surface area contributed by atoms with Crippen LogP contribution in [0.25, 0.3) is 10.9 Å². The number of hydrogen-bond acceptors (Lipinski definition) is 3. The van der Waals surface area contributed by atoms with Crippen molar-refractivity contribution in [3.63, 3.8) is 0 Å². The van der Waals surface area contributed by atoms with Crippen molar-refractivity contribution in [3.05, 3.63) is 65.2 Å². The Morgan fingerprint density at radius 1 is 1.10 bits per heavy atom. The van der Waals surface area contributed by atoms with Gasteiger partial charge in [0.15, 0.2) is 0 Å². The summed E-state index contributed by atoms with van der Waals surface area (Å²) in [7, 11) is 0. The van der Waals surface area contributed by atoms with Crippen LogP contribution in [0.4, 0.5) is 0 Å². The summed E-state index contributed by atoms with van der Waals surface area (Å²) in [5.74, 6) is 0.0367. The van der Waals surface area contributed by atoms with Crippen LogP contribution in [0.15, 0.2) is 64.5 Å². The molecule has 0 saturated heterocycles. The van der Waals surface area contributed by atoms with Crippen molar-refractivity contribution in [1.29, 1.82) is 5.41 Å². The van der Waals surface area contributed by atoms with Crippen molar-refractivity contribution in [2.75, 3.05) is 0 Å². The van der Waals surface area contributed by atoms with E-state index >= 15 is 0 Å². The first kappa shape index (κ1) is 13.9. The number of hydrogen-bond donors (Lipinski definition) is 2. The highest BCUT2D eigenvalue weighted by Gasteiger charge is 2.10. The van der Waals surface area contributed by atoms with Gasteiger partial charge in [0, 0.05) is 15.8 Å². The first-order valence-corrected chi connectivity index (χ1v) is 7.51. The number of amidine groups is 1. The zero-order valence-corrected chi connectivity index (χ0v) is 12.6. The number of rotatable bonds is 3. The molecule has 3 N–H and O–H groups in total. The van der Waals surface area contributed by atoms with Gasteiger partial charge in [-0.05, 0) is 24.3 Å². The van der Waals surface area contributed by atoms with Gasteiger partial charge in [0.2, 0.25) is 0 Å². The molecule has 0 atom stereocenters. The van der Waals surface area contributed by atoms with Crippen LogP contribution in [0, 0.1) is 5.41 Å². The van der Waals surface area contributed by atoms with Gasteiger partial charge in [0.1, 0.15) is 10.9 Å². The van der Waals surface area contributed by atoms with Crippen molar-refractivity contribution in [1.82, 2.24) is 4.98 Å². The van der Waals surface area contributed by atoms with E-state index in [9.17, 15) is 0 Å². The second kappa shape index (κ2) is 5.76. The van der Waals surface area contributed by atoms with Crippen LogP contribution >= 0.6 is 23.4 Å². The maximum atomic E-state index is 7.75. The lowest BCUT2D eigenvalue weighted by molar-refractivity contribution is 1.18. The van der Waals surface area contributed by atoms with Crippen molar-refractivity contribution in [3.8, 4) is 0 Å². The molecule has 0 saturated carbocycles. The summed E-state index contributed by atoms with van der Waals surface area (Å²) in [5, 5.41) is 10.1. The topological polar surface area (TPSA) is 62.8 Å². The summed E-state index contributed by atoms with van der Waals surface area (Å²) in [6, 6.07) is 17.1. The molecule has 0 fully saturated rings. The number of halogens is 1. The molecule has 0 aliphatic carbocycles. The number of nitrogens with one attached hydrogen (secondary N) is 1. The highest BCUT2D eigenvalue weighted by molar-refractivity contribution is 7.99. The first-order valence-electron chi connectivity index (χ1n) is 6.32. The Kier molecular flexibility index (Phi) is 3.82. The highest BCUT2D eigenvalue weighted by Crippen LogP contribution is 2.33. The Bertz CT molecular complexity index is 833. The molecule has 2 aromatic carbocycles. The summed E-state index contributed by atoms with van der Waals surface area (Å²) >= 11 is 7.64. The molecular weight excluding hydrogens is 302 g/mol. The third kappa shape index (κ3) is 2.86. The maximum Gasteiger partial charge on any atom is 0.123 e. The molecule has 5 heteroatoms. The van der Waals surface area contributed by atoms with Crippen molar-refractivity contribution < 1.29 is 0 Å². The number of benzene rings is 2. The van der Waals surface area contributed by atoms with E-state index in [2.05, 4.69) is 4.98 Å². The van der Waals surface area contributed by atoms with Crippen LogP contribution in [-0.2, 0) is 0 Å². The quantitative estimate of drug-likeness (QED) is 0.559. The van der Waals surface area contributed by atoms with Gasteiger partial charge >= 0.3 is 0 Å². The van der Waals surface area contributed by atoms with E-state index in [0.29, 0.717) is 10.6 Å². The second-order valence-corrected chi connectivity index (χ2v) is 5.94. The zero-order valence-electron chi connectivity index (χ0n) is 11.0. The number of nitrogens with two attached hydrogens (primary N) is 1. The van der Waals surface area contributed by atoms with Crippen LogP contribution in [0.1, 0.15) is 5.56 Å². The lowest BCUT2D eigenvalue weighted by Gasteiger charge is -2.09. The first-order chi connectivity index (χ1) is 10.1. The Balaban J connectivity index is 2.11. The molecule has 1 heterocycles. The minimum absolute atomic E-state index is 0.0367. The van der Waals surface area contributed by atoms with Crippen LogP contribution in [-0.4, -0.2) is 10.8 Å². The number of para-hydroxylation sites is 1. The number of fused-ring (bicyclic) bond motifs is 1. The average molecular weight is 314 g/mol. The van der Waals surface area contributed by atoms with Gasteiger partial charge in [0.25, 0.3) is 0 Å². The normalized spacial score (nSPS) is 10.7. The molecule has 104 valence electrons. The van der Waals surface area contributed by atoms with Gasteiger partial charge in [-0.1, -0.05) is 53.7 Å². The standard InChI is InChI=1S/C16H12ClN3S/c17-12-6-2-4-8-14(12)21-15-9-11(16(18)19)10-5-1-3-7-13(10)20-15/h1-9H,(H3,18,19). The Labute approximate surface area is 131 Å². The Hall–Kier alpha value is -2.04. The molecule has 0 aliphatic heterocycles. The molecule has 0 aliphatic rings. The molecule has 0 unspecified atom stereocenters. The average Bonchev–Trinajstić information content (AvgIpc) is 2.48. The van der Waals surface area contributed by atoms with Crippen molar-refractivity contribution in [2.24, 2.45) is 5.73 Å².